The lowest BCUT2D eigenvalue weighted by Gasteiger charge is -2.14. The molecule has 0 saturated heterocycles. The molecule has 1 N–H and O–H groups in total. The van der Waals surface area contributed by atoms with Crippen LogP contribution in [0.1, 0.15) is 25.2 Å². The predicted molar refractivity (Wildman–Crippen MR) is 69.3 cm³/mol. The summed E-state index contributed by atoms with van der Waals surface area (Å²) in [6, 6.07) is -0.242. The number of imidazole rings is 1. The van der Waals surface area contributed by atoms with Gasteiger partial charge >= 0.3 is 0 Å². The smallest absolute Gasteiger partial charge is 0.242 e. The van der Waals surface area contributed by atoms with Crippen molar-refractivity contribution in [2.24, 2.45) is 0 Å². The molecule has 7 heteroatoms. The number of nitrogens with one attached hydrogen (secondary N) is 1. The van der Waals surface area contributed by atoms with Crippen molar-refractivity contribution in [1.82, 2.24) is 29.9 Å². The van der Waals surface area contributed by atoms with E-state index in [1.54, 1.807) is 23.3 Å². The lowest BCUT2D eigenvalue weighted by molar-refractivity contribution is -0.123. The Morgan fingerprint density at radius 1 is 1.42 bits per heavy atom. The molecule has 0 aliphatic heterocycles. The first-order chi connectivity index (χ1) is 9.18. The zero-order valence-electron chi connectivity index (χ0n) is 11.2. The summed E-state index contributed by atoms with van der Waals surface area (Å²) >= 11 is 0. The molecule has 0 aromatic carbocycles. The molecule has 19 heavy (non-hydrogen) atoms. The zero-order chi connectivity index (χ0) is 13.7. The molecule has 0 spiro atoms. The Hall–Kier alpha value is -2.18. The molecule has 0 unspecified atom stereocenters. The Labute approximate surface area is 111 Å². The van der Waals surface area contributed by atoms with Gasteiger partial charge in [0.2, 0.25) is 5.91 Å². The Morgan fingerprint density at radius 3 is 2.89 bits per heavy atom. The molecule has 2 heterocycles. The van der Waals surface area contributed by atoms with Crippen LogP contribution in [0.5, 0.6) is 0 Å². The topological polar surface area (TPSA) is 77.6 Å². The number of hydrogen-bond donors (Lipinski definition) is 1. The minimum Gasteiger partial charge on any atom is -0.354 e. The number of aromatic nitrogens is 5. The van der Waals surface area contributed by atoms with Gasteiger partial charge in [0, 0.05) is 31.7 Å². The van der Waals surface area contributed by atoms with Gasteiger partial charge in [-0.2, -0.15) is 0 Å². The normalized spacial score (nSPS) is 12.3. The molecular weight excluding hydrogens is 244 g/mol. The maximum atomic E-state index is 12.0. The molecule has 2 aromatic rings. The van der Waals surface area contributed by atoms with Crippen molar-refractivity contribution in [3.8, 4) is 0 Å². The first kappa shape index (κ1) is 13.3. The van der Waals surface area contributed by atoms with E-state index in [-0.39, 0.29) is 11.9 Å². The van der Waals surface area contributed by atoms with Crippen molar-refractivity contribution in [1.29, 1.82) is 0 Å². The third-order valence-corrected chi connectivity index (χ3v) is 2.99. The minimum absolute atomic E-state index is 0.000287. The van der Waals surface area contributed by atoms with Crippen LogP contribution < -0.4 is 5.32 Å². The number of rotatable bonds is 6. The summed E-state index contributed by atoms with van der Waals surface area (Å²) in [5, 5.41) is 10.5. The molecule has 1 atom stereocenters. The SMILES string of the molecule is Cc1nccn1[C@@H](C)C(=O)NCCCn1ccnn1. The molecule has 0 aliphatic carbocycles. The van der Waals surface area contributed by atoms with Crippen LogP contribution in [0.4, 0.5) is 0 Å². The summed E-state index contributed by atoms with van der Waals surface area (Å²) in [5.74, 6) is 0.838. The van der Waals surface area contributed by atoms with Gasteiger partial charge in [0.15, 0.2) is 0 Å². The molecular formula is C12H18N6O. The summed E-state index contributed by atoms with van der Waals surface area (Å²) in [5.41, 5.74) is 0. The highest BCUT2D eigenvalue weighted by Crippen LogP contribution is 2.08. The quantitative estimate of drug-likeness (QED) is 0.771. The minimum atomic E-state index is -0.242. The van der Waals surface area contributed by atoms with Crippen molar-refractivity contribution in [3.05, 3.63) is 30.6 Å². The highest BCUT2D eigenvalue weighted by atomic mass is 16.2. The van der Waals surface area contributed by atoms with Gasteiger partial charge < -0.3 is 9.88 Å². The summed E-state index contributed by atoms with van der Waals surface area (Å²) in [7, 11) is 0. The van der Waals surface area contributed by atoms with Crippen molar-refractivity contribution in [3.63, 3.8) is 0 Å². The maximum Gasteiger partial charge on any atom is 0.242 e. The van der Waals surface area contributed by atoms with Gasteiger partial charge in [0.1, 0.15) is 11.9 Å². The monoisotopic (exact) mass is 262 g/mol. The van der Waals surface area contributed by atoms with Crippen LogP contribution in [0, 0.1) is 6.92 Å². The van der Waals surface area contributed by atoms with E-state index in [2.05, 4.69) is 20.6 Å². The van der Waals surface area contributed by atoms with Gasteiger partial charge in [-0.3, -0.25) is 9.48 Å². The molecule has 102 valence electrons. The van der Waals surface area contributed by atoms with Crippen LogP contribution >= 0.6 is 0 Å². The molecule has 2 rings (SSSR count). The second-order valence-corrected chi connectivity index (χ2v) is 4.37. The standard InChI is InChI=1S/C12H18N6O/c1-10(18-9-5-13-11(18)2)12(19)14-4-3-7-17-8-6-15-16-17/h5-6,8-10H,3-4,7H2,1-2H3,(H,14,19)/t10-/m0/s1. The first-order valence-electron chi connectivity index (χ1n) is 6.29. The summed E-state index contributed by atoms with van der Waals surface area (Å²) < 4.78 is 3.60. The maximum absolute atomic E-state index is 12.0. The molecule has 0 fully saturated rings. The van der Waals surface area contributed by atoms with Crippen molar-refractivity contribution >= 4 is 5.91 Å². The van der Waals surface area contributed by atoms with Crippen LogP contribution in [-0.4, -0.2) is 37.0 Å². The van der Waals surface area contributed by atoms with Crippen LogP contribution in [0.15, 0.2) is 24.8 Å². The Balaban J connectivity index is 1.74. The molecule has 1 amide bonds. The van der Waals surface area contributed by atoms with E-state index in [0.717, 1.165) is 18.8 Å². The Morgan fingerprint density at radius 2 is 2.26 bits per heavy atom. The van der Waals surface area contributed by atoms with Crippen LogP contribution in [0.2, 0.25) is 0 Å². The van der Waals surface area contributed by atoms with Gasteiger partial charge in [-0.1, -0.05) is 5.21 Å². The molecule has 7 nitrogen and oxygen atoms in total. The average Bonchev–Trinajstić information content (AvgIpc) is 3.04. The highest BCUT2D eigenvalue weighted by molar-refractivity contribution is 5.79. The zero-order valence-corrected chi connectivity index (χ0v) is 11.2. The van der Waals surface area contributed by atoms with E-state index in [1.807, 2.05) is 24.6 Å². The van der Waals surface area contributed by atoms with E-state index >= 15 is 0 Å². The van der Waals surface area contributed by atoms with E-state index in [4.69, 9.17) is 0 Å². The van der Waals surface area contributed by atoms with Crippen LogP contribution in [0.25, 0.3) is 0 Å². The van der Waals surface area contributed by atoms with E-state index in [0.29, 0.717) is 6.54 Å². The lowest BCUT2D eigenvalue weighted by Crippen LogP contribution is -2.32. The fraction of sp³-hybridized carbons (Fsp3) is 0.500. The lowest BCUT2D eigenvalue weighted by atomic mass is 10.3. The number of hydrogen-bond acceptors (Lipinski definition) is 4. The van der Waals surface area contributed by atoms with Crippen molar-refractivity contribution in [2.75, 3.05) is 6.54 Å². The Bertz CT molecular complexity index is 518. The van der Waals surface area contributed by atoms with Crippen molar-refractivity contribution in [2.45, 2.75) is 32.9 Å². The van der Waals surface area contributed by atoms with E-state index in [1.165, 1.54) is 0 Å². The first-order valence-corrected chi connectivity index (χ1v) is 6.29. The molecule has 0 bridgehead atoms. The number of carbonyl (C=O) groups is 1. The fourth-order valence-electron chi connectivity index (χ4n) is 1.88. The number of amides is 1. The number of carbonyl (C=O) groups excluding carboxylic acids is 1. The third-order valence-electron chi connectivity index (χ3n) is 2.99. The van der Waals surface area contributed by atoms with Gasteiger partial charge in [0.25, 0.3) is 0 Å². The number of aryl methyl sites for hydroxylation is 2. The predicted octanol–water partition coefficient (Wildman–Crippen LogP) is 0.551. The van der Waals surface area contributed by atoms with E-state index in [9.17, 15) is 4.79 Å². The third kappa shape index (κ3) is 3.40. The summed E-state index contributed by atoms with van der Waals surface area (Å²) in [6.45, 7) is 5.12. The molecule has 0 aliphatic rings. The van der Waals surface area contributed by atoms with Gasteiger partial charge in [0.05, 0.1) is 6.20 Å². The number of nitrogens with zero attached hydrogens (tertiary/aromatic N) is 5. The van der Waals surface area contributed by atoms with Gasteiger partial charge in [-0.15, -0.1) is 5.10 Å². The van der Waals surface area contributed by atoms with Crippen molar-refractivity contribution < 1.29 is 4.79 Å². The summed E-state index contributed by atoms with van der Waals surface area (Å²) in [4.78, 5) is 16.1. The fourth-order valence-corrected chi connectivity index (χ4v) is 1.88. The Kier molecular flexibility index (Phi) is 4.27. The highest BCUT2D eigenvalue weighted by Gasteiger charge is 2.15. The summed E-state index contributed by atoms with van der Waals surface area (Å²) in [6.07, 6.45) is 7.78. The molecule has 0 saturated carbocycles. The van der Waals surface area contributed by atoms with Gasteiger partial charge in [-0.25, -0.2) is 4.98 Å². The van der Waals surface area contributed by atoms with Crippen LogP contribution in [0.3, 0.4) is 0 Å². The second-order valence-electron chi connectivity index (χ2n) is 4.37. The molecule has 0 radical (unpaired) electrons. The molecule has 2 aromatic heterocycles. The van der Waals surface area contributed by atoms with Crippen LogP contribution in [-0.2, 0) is 11.3 Å². The second kappa shape index (κ2) is 6.12. The average molecular weight is 262 g/mol. The van der Waals surface area contributed by atoms with E-state index < -0.39 is 0 Å². The van der Waals surface area contributed by atoms with Gasteiger partial charge in [-0.05, 0) is 20.3 Å². The largest absolute Gasteiger partial charge is 0.354 e.